The zero-order valence-electron chi connectivity index (χ0n) is 22.5. The minimum atomic E-state index is 0.740. The highest BCUT2D eigenvalue weighted by Gasteiger charge is 2.24. The molecule has 34 heavy (non-hydrogen) atoms. The van der Waals surface area contributed by atoms with Crippen molar-refractivity contribution in [2.24, 2.45) is 23.7 Å². The van der Waals surface area contributed by atoms with Crippen LogP contribution in [0.25, 0.3) is 0 Å². The van der Waals surface area contributed by atoms with Gasteiger partial charge in [-0.3, -0.25) is 0 Å². The first kappa shape index (κ1) is 26.1. The third-order valence-corrected chi connectivity index (χ3v) is 8.45. The lowest BCUT2D eigenvalue weighted by Crippen LogP contribution is -2.50. The smallest absolute Gasteiger partial charge is 0.0110 e. The second-order valence-electron chi connectivity index (χ2n) is 12.3. The van der Waals surface area contributed by atoms with E-state index in [9.17, 15) is 0 Å². The van der Waals surface area contributed by atoms with Crippen LogP contribution in [0.3, 0.4) is 0 Å². The molecule has 192 valence electrons. The number of nitrogens with zero attached hydrogens (tertiary/aromatic N) is 3. The van der Waals surface area contributed by atoms with Crippen molar-refractivity contribution in [1.29, 1.82) is 0 Å². The van der Waals surface area contributed by atoms with Crippen LogP contribution < -0.4 is 5.32 Å². The fraction of sp³-hybridized carbons (Fsp3) is 0.800. The van der Waals surface area contributed by atoms with Gasteiger partial charge >= 0.3 is 0 Å². The third-order valence-electron chi connectivity index (χ3n) is 8.45. The summed E-state index contributed by atoms with van der Waals surface area (Å²) in [7, 11) is 0. The Hall–Kier alpha value is -0.940. The highest BCUT2D eigenvalue weighted by Crippen LogP contribution is 2.24. The average molecular weight is 469 g/mol. The summed E-state index contributed by atoms with van der Waals surface area (Å²) in [6.07, 6.45) is 7.97. The summed E-state index contributed by atoms with van der Waals surface area (Å²) in [5.41, 5.74) is 3.08. The molecular formula is C30H52N4. The first-order chi connectivity index (χ1) is 16.5. The molecule has 0 amide bonds. The van der Waals surface area contributed by atoms with Crippen molar-refractivity contribution in [2.75, 3.05) is 72.0 Å². The molecule has 0 aliphatic carbocycles. The zero-order valence-corrected chi connectivity index (χ0v) is 22.5. The van der Waals surface area contributed by atoms with Gasteiger partial charge in [-0.25, -0.2) is 0 Å². The van der Waals surface area contributed by atoms with E-state index in [0.717, 1.165) is 23.7 Å². The fourth-order valence-electron chi connectivity index (χ4n) is 6.58. The molecule has 4 rings (SSSR count). The predicted octanol–water partition coefficient (Wildman–Crippen LogP) is 4.39. The van der Waals surface area contributed by atoms with Gasteiger partial charge in [0.15, 0.2) is 0 Å². The number of rotatable bonds is 10. The first-order valence-corrected chi connectivity index (χ1v) is 14.5. The van der Waals surface area contributed by atoms with E-state index in [0.29, 0.717) is 0 Å². The van der Waals surface area contributed by atoms with Crippen molar-refractivity contribution in [3.8, 4) is 0 Å². The van der Waals surface area contributed by atoms with Crippen LogP contribution in [0.1, 0.15) is 57.6 Å². The minimum Gasteiger partial charge on any atom is -0.317 e. The molecule has 1 aromatic rings. The van der Waals surface area contributed by atoms with Crippen LogP contribution in [0.4, 0.5) is 0 Å². The molecule has 0 unspecified atom stereocenters. The molecule has 1 aromatic carbocycles. The van der Waals surface area contributed by atoms with Gasteiger partial charge in [0.05, 0.1) is 0 Å². The molecule has 3 saturated heterocycles. The second-order valence-corrected chi connectivity index (χ2v) is 12.3. The Labute approximate surface area is 210 Å². The molecule has 0 spiro atoms. The van der Waals surface area contributed by atoms with Crippen molar-refractivity contribution in [3.05, 3.63) is 35.4 Å². The molecule has 3 fully saturated rings. The van der Waals surface area contributed by atoms with Crippen LogP contribution in [0.15, 0.2) is 24.3 Å². The summed E-state index contributed by atoms with van der Waals surface area (Å²) in [6, 6.07) is 9.41. The van der Waals surface area contributed by atoms with Crippen molar-refractivity contribution in [3.63, 3.8) is 0 Å². The lowest BCUT2D eigenvalue weighted by atomic mass is 9.89. The van der Waals surface area contributed by atoms with Gasteiger partial charge in [-0.15, -0.1) is 0 Å². The van der Waals surface area contributed by atoms with Gasteiger partial charge in [0.2, 0.25) is 0 Å². The number of hydrogen-bond donors (Lipinski definition) is 1. The SMILES string of the molecule is CC(C)Cc1cccc(CC2CCN(C[C@@H](C)CN3CCN(CC4CCNCC4)CC3)CC2)c1. The van der Waals surface area contributed by atoms with E-state index in [4.69, 9.17) is 0 Å². The van der Waals surface area contributed by atoms with Gasteiger partial charge in [0.1, 0.15) is 0 Å². The Balaban J connectivity index is 1.10. The molecule has 1 atom stereocenters. The number of piperidine rings is 2. The molecule has 0 bridgehead atoms. The maximum atomic E-state index is 3.50. The topological polar surface area (TPSA) is 21.8 Å². The highest BCUT2D eigenvalue weighted by atomic mass is 15.3. The average Bonchev–Trinajstić information content (AvgIpc) is 2.82. The molecule has 4 nitrogen and oxygen atoms in total. The van der Waals surface area contributed by atoms with E-state index in [-0.39, 0.29) is 0 Å². The normalized spacial score (nSPS) is 23.5. The number of likely N-dealkylation sites (tertiary alicyclic amines) is 1. The molecule has 0 aromatic heterocycles. The Morgan fingerprint density at radius 2 is 1.38 bits per heavy atom. The quantitative estimate of drug-likeness (QED) is 0.550. The molecule has 3 aliphatic heterocycles. The molecule has 1 N–H and O–H groups in total. The lowest BCUT2D eigenvalue weighted by Gasteiger charge is -2.39. The Morgan fingerprint density at radius 1 is 0.765 bits per heavy atom. The number of piperazine rings is 1. The van der Waals surface area contributed by atoms with Crippen molar-refractivity contribution < 1.29 is 0 Å². The summed E-state index contributed by atoms with van der Waals surface area (Å²) >= 11 is 0. The van der Waals surface area contributed by atoms with E-state index in [1.807, 2.05) is 0 Å². The second kappa shape index (κ2) is 13.4. The van der Waals surface area contributed by atoms with Crippen molar-refractivity contribution in [2.45, 2.75) is 59.3 Å². The van der Waals surface area contributed by atoms with Gasteiger partial charge in [0, 0.05) is 45.8 Å². The van der Waals surface area contributed by atoms with Gasteiger partial charge in [-0.1, -0.05) is 45.0 Å². The van der Waals surface area contributed by atoms with E-state index < -0.39 is 0 Å². The summed E-state index contributed by atoms with van der Waals surface area (Å²) in [6.45, 7) is 21.2. The number of nitrogens with one attached hydrogen (secondary N) is 1. The first-order valence-electron chi connectivity index (χ1n) is 14.5. The molecular weight excluding hydrogens is 416 g/mol. The van der Waals surface area contributed by atoms with Crippen LogP contribution in [0.2, 0.25) is 0 Å². The van der Waals surface area contributed by atoms with E-state index >= 15 is 0 Å². The maximum absolute atomic E-state index is 3.50. The van der Waals surface area contributed by atoms with E-state index in [2.05, 4.69) is 65.1 Å². The van der Waals surface area contributed by atoms with Gasteiger partial charge in [-0.05, 0) is 99.5 Å². The van der Waals surface area contributed by atoms with Crippen LogP contribution in [-0.4, -0.2) is 86.7 Å². The number of hydrogen-bond acceptors (Lipinski definition) is 4. The van der Waals surface area contributed by atoms with E-state index in [1.165, 1.54) is 116 Å². The molecule has 3 heterocycles. The standard InChI is InChI=1S/C30H52N4/c1-25(2)19-29-5-4-6-30(21-29)20-27-9-13-32(14-10-27)22-26(3)23-33-15-17-34(18-16-33)24-28-7-11-31-12-8-28/h4-6,21,25-28,31H,7-20,22-24H2,1-3H3/t26-/m1/s1. The zero-order chi connectivity index (χ0) is 23.8. The summed E-state index contributed by atoms with van der Waals surface area (Å²) in [4.78, 5) is 8.23. The van der Waals surface area contributed by atoms with Crippen LogP contribution in [-0.2, 0) is 12.8 Å². The summed E-state index contributed by atoms with van der Waals surface area (Å²) in [5, 5.41) is 3.50. The van der Waals surface area contributed by atoms with Crippen LogP contribution >= 0.6 is 0 Å². The predicted molar refractivity (Wildman–Crippen MR) is 145 cm³/mol. The highest BCUT2D eigenvalue weighted by molar-refractivity contribution is 5.24. The van der Waals surface area contributed by atoms with E-state index in [1.54, 1.807) is 5.56 Å². The minimum absolute atomic E-state index is 0.740. The van der Waals surface area contributed by atoms with Crippen LogP contribution in [0.5, 0.6) is 0 Å². The van der Waals surface area contributed by atoms with Gasteiger partial charge < -0.3 is 20.0 Å². The summed E-state index contributed by atoms with van der Waals surface area (Å²) in [5.74, 6) is 3.32. The van der Waals surface area contributed by atoms with Gasteiger partial charge in [-0.2, -0.15) is 0 Å². The van der Waals surface area contributed by atoms with Crippen molar-refractivity contribution in [1.82, 2.24) is 20.0 Å². The third kappa shape index (κ3) is 8.62. The molecule has 3 aliphatic rings. The Morgan fingerprint density at radius 3 is 2.06 bits per heavy atom. The number of benzene rings is 1. The molecule has 4 heteroatoms. The Kier molecular flexibility index (Phi) is 10.3. The van der Waals surface area contributed by atoms with Crippen LogP contribution in [0, 0.1) is 23.7 Å². The summed E-state index contributed by atoms with van der Waals surface area (Å²) < 4.78 is 0. The molecule has 0 saturated carbocycles. The Bertz CT molecular complexity index is 698. The lowest BCUT2D eigenvalue weighted by molar-refractivity contribution is 0.0896. The van der Waals surface area contributed by atoms with Crippen molar-refractivity contribution >= 4 is 0 Å². The monoisotopic (exact) mass is 468 g/mol. The molecule has 0 radical (unpaired) electrons. The fourth-order valence-corrected chi connectivity index (χ4v) is 6.58. The maximum Gasteiger partial charge on any atom is 0.0110 e. The van der Waals surface area contributed by atoms with Gasteiger partial charge in [0.25, 0.3) is 0 Å². The largest absolute Gasteiger partial charge is 0.317 e.